The molecule has 2 saturated heterocycles. The van der Waals surface area contributed by atoms with Crippen LogP contribution in [0.25, 0.3) is 0 Å². The number of piperidine rings is 2. The van der Waals surface area contributed by atoms with Gasteiger partial charge in [-0.05, 0) is 27.9 Å². The highest BCUT2D eigenvalue weighted by molar-refractivity contribution is 5.98. The number of likely N-dealkylation sites (tertiary alicyclic amines) is 2. The molecule has 0 saturated carbocycles. The zero-order valence-corrected chi connectivity index (χ0v) is 15.1. The molecule has 24 heavy (non-hydrogen) atoms. The fraction of sp³-hybridized carbons (Fsp3) is 0.824. The smallest absolute Gasteiger partial charge is 0.306 e. The van der Waals surface area contributed by atoms with Crippen molar-refractivity contribution in [2.75, 3.05) is 53.5 Å². The van der Waals surface area contributed by atoms with Crippen LogP contribution in [0.5, 0.6) is 0 Å². The second-order valence-electron chi connectivity index (χ2n) is 7.20. The highest BCUT2D eigenvalue weighted by atomic mass is 16.5. The summed E-state index contributed by atoms with van der Waals surface area (Å²) in [6, 6.07) is 0. The predicted molar refractivity (Wildman–Crippen MR) is 87.4 cm³/mol. The Labute approximate surface area is 143 Å². The van der Waals surface area contributed by atoms with E-state index >= 15 is 0 Å². The lowest BCUT2D eigenvalue weighted by Crippen LogP contribution is -2.69. The highest BCUT2D eigenvalue weighted by Gasteiger charge is 2.60. The second kappa shape index (κ2) is 7.19. The van der Waals surface area contributed by atoms with E-state index in [9.17, 15) is 14.4 Å². The number of hydrogen-bond donors (Lipinski definition) is 0. The van der Waals surface area contributed by atoms with E-state index in [2.05, 4.69) is 0 Å². The van der Waals surface area contributed by atoms with Gasteiger partial charge in [-0.3, -0.25) is 14.4 Å². The van der Waals surface area contributed by atoms with E-state index < -0.39 is 10.8 Å². The predicted octanol–water partition coefficient (Wildman–Crippen LogP) is 0.326. The van der Waals surface area contributed by atoms with Crippen molar-refractivity contribution in [3.8, 4) is 0 Å². The number of carbonyl (C=O) groups excluding carboxylic acids is 3. The van der Waals surface area contributed by atoms with Gasteiger partial charge in [0.2, 0.25) is 0 Å². The van der Waals surface area contributed by atoms with Crippen LogP contribution in [0.4, 0.5) is 0 Å². The Balaban J connectivity index is 2.32. The van der Waals surface area contributed by atoms with Crippen LogP contribution in [-0.4, -0.2) is 81.0 Å². The molecule has 0 N–H and O–H groups in total. The van der Waals surface area contributed by atoms with Crippen LogP contribution in [0.15, 0.2) is 0 Å². The Bertz CT molecular complexity index is 463. The lowest BCUT2D eigenvalue weighted by molar-refractivity contribution is -0.172. The number of nitrogens with zero attached hydrogens (tertiary/aromatic N) is 2. The minimum Gasteiger partial charge on any atom is -0.466 e. The molecule has 2 bridgehead atoms. The van der Waals surface area contributed by atoms with Gasteiger partial charge in [-0.15, -0.1) is 0 Å². The summed E-state index contributed by atoms with van der Waals surface area (Å²) >= 11 is 0. The summed E-state index contributed by atoms with van der Waals surface area (Å²) in [5, 5.41) is 0. The van der Waals surface area contributed by atoms with E-state index in [1.165, 1.54) is 0 Å². The van der Waals surface area contributed by atoms with Gasteiger partial charge in [0.1, 0.15) is 0 Å². The van der Waals surface area contributed by atoms with Gasteiger partial charge in [-0.25, -0.2) is 0 Å². The van der Waals surface area contributed by atoms with Gasteiger partial charge in [-0.1, -0.05) is 0 Å². The van der Waals surface area contributed by atoms with Crippen molar-refractivity contribution in [1.29, 1.82) is 0 Å². The Morgan fingerprint density at radius 2 is 1.21 bits per heavy atom. The molecule has 0 unspecified atom stereocenters. The summed E-state index contributed by atoms with van der Waals surface area (Å²) in [5.74, 6) is -0.713. The molecule has 136 valence electrons. The van der Waals surface area contributed by atoms with Crippen molar-refractivity contribution in [2.45, 2.75) is 26.7 Å². The Hall–Kier alpha value is -1.47. The van der Waals surface area contributed by atoms with Gasteiger partial charge in [0, 0.05) is 26.2 Å². The van der Waals surface area contributed by atoms with E-state index in [1.54, 1.807) is 13.8 Å². The summed E-state index contributed by atoms with van der Waals surface area (Å²) in [6.07, 6.45) is 0.109. The van der Waals surface area contributed by atoms with E-state index in [0.29, 0.717) is 39.4 Å². The second-order valence-corrected chi connectivity index (χ2v) is 7.20. The number of hydrogen-bond acceptors (Lipinski definition) is 7. The SMILES string of the molecule is CCOC(=O)CC12CN(C)CC(CC(=O)OCC)(CN(C)C1)C2=O. The first-order valence-corrected chi connectivity index (χ1v) is 8.50. The molecular weight excluding hydrogens is 312 g/mol. The van der Waals surface area contributed by atoms with Crippen LogP contribution in [0.1, 0.15) is 26.7 Å². The topological polar surface area (TPSA) is 76.2 Å². The van der Waals surface area contributed by atoms with Crippen LogP contribution >= 0.6 is 0 Å². The van der Waals surface area contributed by atoms with Crippen LogP contribution < -0.4 is 0 Å². The minimum atomic E-state index is -0.821. The maximum absolute atomic E-state index is 13.4. The van der Waals surface area contributed by atoms with Crippen LogP contribution in [0.3, 0.4) is 0 Å². The third-order valence-corrected chi connectivity index (χ3v) is 4.83. The van der Waals surface area contributed by atoms with Crippen LogP contribution in [0.2, 0.25) is 0 Å². The number of carbonyl (C=O) groups is 3. The molecule has 0 spiro atoms. The molecule has 2 fully saturated rings. The third kappa shape index (κ3) is 3.62. The van der Waals surface area contributed by atoms with Crippen molar-refractivity contribution in [3.05, 3.63) is 0 Å². The van der Waals surface area contributed by atoms with Crippen molar-refractivity contribution in [1.82, 2.24) is 9.80 Å². The molecule has 0 aromatic heterocycles. The normalized spacial score (nSPS) is 30.9. The van der Waals surface area contributed by atoms with E-state index in [4.69, 9.17) is 9.47 Å². The van der Waals surface area contributed by atoms with Crippen molar-refractivity contribution in [3.63, 3.8) is 0 Å². The molecule has 2 aliphatic rings. The number of fused-ring (bicyclic) bond motifs is 2. The summed E-state index contributed by atoms with van der Waals surface area (Å²) < 4.78 is 10.2. The molecule has 2 heterocycles. The summed E-state index contributed by atoms with van der Waals surface area (Å²) in [4.78, 5) is 41.6. The number of esters is 2. The van der Waals surface area contributed by atoms with Gasteiger partial charge < -0.3 is 19.3 Å². The highest BCUT2D eigenvalue weighted by Crippen LogP contribution is 2.46. The van der Waals surface area contributed by atoms with Gasteiger partial charge in [0.15, 0.2) is 5.78 Å². The van der Waals surface area contributed by atoms with Crippen molar-refractivity contribution < 1.29 is 23.9 Å². The summed E-state index contributed by atoms with van der Waals surface area (Å²) in [7, 11) is 3.86. The zero-order chi connectivity index (χ0) is 18.0. The molecule has 7 nitrogen and oxygen atoms in total. The van der Waals surface area contributed by atoms with Crippen LogP contribution in [-0.2, 0) is 23.9 Å². The fourth-order valence-electron chi connectivity index (χ4n) is 4.49. The monoisotopic (exact) mass is 340 g/mol. The van der Waals surface area contributed by atoms with Gasteiger partial charge in [0.25, 0.3) is 0 Å². The van der Waals surface area contributed by atoms with Gasteiger partial charge >= 0.3 is 11.9 Å². The molecule has 0 amide bonds. The van der Waals surface area contributed by atoms with Crippen molar-refractivity contribution in [2.24, 2.45) is 10.8 Å². The first-order valence-electron chi connectivity index (χ1n) is 8.50. The Kier molecular flexibility index (Phi) is 5.65. The Morgan fingerprint density at radius 3 is 1.50 bits per heavy atom. The minimum absolute atomic E-state index is 0.00676. The number of ketones is 1. The molecule has 2 rings (SSSR count). The standard InChI is InChI=1S/C17H28N2O5/c1-5-23-13(20)7-16-9-18(3)11-17(15(16)22,12-19(4)10-16)8-14(21)24-6-2/h5-12H2,1-4H3. The molecule has 2 aliphatic heterocycles. The lowest BCUT2D eigenvalue weighted by atomic mass is 9.60. The number of ether oxygens (including phenoxy) is 2. The first-order chi connectivity index (χ1) is 11.3. The van der Waals surface area contributed by atoms with Gasteiger partial charge in [-0.2, -0.15) is 0 Å². The lowest BCUT2D eigenvalue weighted by Gasteiger charge is -2.55. The van der Waals surface area contributed by atoms with E-state index in [1.807, 2.05) is 23.9 Å². The molecule has 7 heteroatoms. The zero-order valence-electron chi connectivity index (χ0n) is 15.1. The van der Waals surface area contributed by atoms with Crippen molar-refractivity contribution >= 4 is 17.7 Å². The number of Topliss-reactive ketones (excluding diaryl/α,β-unsaturated/α-hetero) is 1. The molecule has 0 aromatic carbocycles. The van der Waals surface area contributed by atoms with Crippen LogP contribution in [0, 0.1) is 10.8 Å². The maximum atomic E-state index is 13.4. The molecule has 0 atom stereocenters. The van der Waals surface area contributed by atoms with E-state index in [0.717, 1.165) is 0 Å². The molecule has 0 aromatic rings. The maximum Gasteiger partial charge on any atom is 0.306 e. The van der Waals surface area contributed by atoms with Gasteiger partial charge in [0.05, 0.1) is 36.9 Å². The molecular formula is C17H28N2O5. The third-order valence-electron chi connectivity index (χ3n) is 4.83. The summed E-state index contributed by atoms with van der Waals surface area (Å²) in [5.41, 5.74) is -1.64. The first kappa shape index (κ1) is 18.9. The average molecular weight is 340 g/mol. The number of rotatable bonds is 6. The van der Waals surface area contributed by atoms with E-state index in [-0.39, 0.29) is 30.6 Å². The molecule has 0 aliphatic carbocycles. The Morgan fingerprint density at radius 1 is 0.875 bits per heavy atom. The largest absolute Gasteiger partial charge is 0.466 e. The molecule has 0 radical (unpaired) electrons. The fourth-order valence-corrected chi connectivity index (χ4v) is 4.49. The quantitative estimate of drug-likeness (QED) is 0.645. The summed E-state index contributed by atoms with van der Waals surface area (Å²) in [6.45, 7) is 6.09. The average Bonchev–Trinajstić information content (AvgIpc) is 2.43.